The molecule has 0 aromatic heterocycles. The van der Waals surface area contributed by atoms with Gasteiger partial charge in [-0.2, -0.15) is 0 Å². The minimum absolute atomic E-state index is 0.234. The van der Waals surface area contributed by atoms with E-state index in [4.69, 9.17) is 5.73 Å². The van der Waals surface area contributed by atoms with Gasteiger partial charge < -0.3 is 5.73 Å². The Morgan fingerprint density at radius 1 is 1.21 bits per heavy atom. The molecule has 1 aromatic carbocycles. The van der Waals surface area contributed by atoms with Crippen LogP contribution in [0.25, 0.3) is 0 Å². The van der Waals surface area contributed by atoms with Crippen molar-refractivity contribution in [2.45, 2.75) is 32.5 Å². The van der Waals surface area contributed by atoms with Crippen LogP contribution in [0.5, 0.6) is 0 Å². The van der Waals surface area contributed by atoms with Gasteiger partial charge in [0.15, 0.2) is 0 Å². The molecular weight excluding hydrogens is 242 g/mol. The van der Waals surface area contributed by atoms with Crippen LogP contribution < -0.4 is 11.1 Å². The number of amides is 2. The zero-order valence-corrected chi connectivity index (χ0v) is 11.3. The van der Waals surface area contributed by atoms with Gasteiger partial charge in [-0.05, 0) is 25.0 Å². The topological polar surface area (TPSA) is 75.4 Å². The fourth-order valence-corrected chi connectivity index (χ4v) is 2.09. The second-order valence-electron chi connectivity index (χ2n) is 5.31. The van der Waals surface area contributed by atoms with Crippen LogP contribution in [-0.4, -0.2) is 28.8 Å². The van der Waals surface area contributed by atoms with E-state index in [0.717, 1.165) is 11.1 Å². The van der Waals surface area contributed by atoms with E-state index in [9.17, 15) is 9.59 Å². The molecule has 1 fully saturated rings. The molecule has 3 N–H and O–H groups in total. The monoisotopic (exact) mass is 261 g/mol. The van der Waals surface area contributed by atoms with Crippen LogP contribution in [0.15, 0.2) is 24.3 Å². The molecule has 0 unspecified atom stereocenters. The number of carbonyl (C=O) groups excluding carboxylic acids is 2. The van der Waals surface area contributed by atoms with Gasteiger partial charge in [0.2, 0.25) is 11.8 Å². The second kappa shape index (κ2) is 5.11. The lowest BCUT2D eigenvalue weighted by Gasteiger charge is -2.40. The summed E-state index contributed by atoms with van der Waals surface area (Å²) in [5.74, 6) is -0.495. The minimum Gasteiger partial charge on any atom is -0.326 e. The largest absolute Gasteiger partial charge is 0.326 e. The molecule has 1 saturated heterocycles. The van der Waals surface area contributed by atoms with E-state index in [-0.39, 0.29) is 18.4 Å². The number of hydrogen-bond acceptors (Lipinski definition) is 4. The maximum atomic E-state index is 11.8. The molecule has 0 aliphatic carbocycles. The molecule has 2 rings (SSSR count). The van der Waals surface area contributed by atoms with E-state index in [0.29, 0.717) is 13.1 Å². The van der Waals surface area contributed by atoms with Gasteiger partial charge in [0.1, 0.15) is 0 Å². The third-order valence-corrected chi connectivity index (χ3v) is 3.57. The van der Waals surface area contributed by atoms with Gasteiger partial charge >= 0.3 is 0 Å². The molecular formula is C14H19N3O2. The van der Waals surface area contributed by atoms with Crippen molar-refractivity contribution in [2.75, 3.05) is 6.54 Å². The smallest absolute Gasteiger partial charge is 0.246 e. The number of carbonyl (C=O) groups is 2. The van der Waals surface area contributed by atoms with E-state index in [1.807, 2.05) is 43.0 Å². The van der Waals surface area contributed by atoms with E-state index in [1.54, 1.807) is 0 Å². The van der Waals surface area contributed by atoms with Crippen LogP contribution >= 0.6 is 0 Å². The third kappa shape index (κ3) is 2.83. The van der Waals surface area contributed by atoms with Crippen LogP contribution in [0.3, 0.4) is 0 Å². The highest BCUT2D eigenvalue weighted by molar-refractivity contribution is 6.02. The number of imide groups is 1. The molecule has 1 aromatic rings. The first kappa shape index (κ1) is 13.7. The Labute approximate surface area is 112 Å². The van der Waals surface area contributed by atoms with Crippen molar-refractivity contribution in [3.63, 3.8) is 0 Å². The molecule has 102 valence electrons. The van der Waals surface area contributed by atoms with E-state index in [1.165, 1.54) is 0 Å². The molecule has 5 heteroatoms. The summed E-state index contributed by atoms with van der Waals surface area (Å²) in [5.41, 5.74) is 7.00. The summed E-state index contributed by atoms with van der Waals surface area (Å²) >= 11 is 0. The molecule has 2 amide bonds. The molecule has 0 atom stereocenters. The Kier molecular flexibility index (Phi) is 3.68. The van der Waals surface area contributed by atoms with Crippen LogP contribution in [0.4, 0.5) is 0 Å². The molecule has 19 heavy (non-hydrogen) atoms. The lowest BCUT2D eigenvalue weighted by Crippen LogP contribution is -2.63. The molecule has 0 spiro atoms. The minimum atomic E-state index is -0.680. The van der Waals surface area contributed by atoms with Crippen molar-refractivity contribution in [3.8, 4) is 0 Å². The lowest BCUT2D eigenvalue weighted by atomic mass is 9.97. The van der Waals surface area contributed by atoms with E-state index in [2.05, 4.69) is 5.32 Å². The van der Waals surface area contributed by atoms with Crippen molar-refractivity contribution >= 4 is 11.8 Å². The van der Waals surface area contributed by atoms with Gasteiger partial charge in [0, 0.05) is 13.1 Å². The number of piperazine rings is 1. The molecule has 5 nitrogen and oxygen atoms in total. The van der Waals surface area contributed by atoms with E-state index < -0.39 is 5.54 Å². The highest BCUT2D eigenvalue weighted by atomic mass is 16.2. The first-order chi connectivity index (χ1) is 8.93. The van der Waals surface area contributed by atoms with Crippen LogP contribution in [0.2, 0.25) is 0 Å². The lowest BCUT2D eigenvalue weighted by molar-refractivity contribution is -0.145. The SMILES string of the molecule is CC1(C)C(=O)NC(=O)CN1Cc1ccc(CN)cc1. The highest BCUT2D eigenvalue weighted by Crippen LogP contribution is 2.21. The van der Waals surface area contributed by atoms with Gasteiger partial charge in [-0.25, -0.2) is 0 Å². The molecule has 1 aliphatic rings. The second-order valence-corrected chi connectivity index (χ2v) is 5.31. The summed E-state index contributed by atoms with van der Waals surface area (Å²) < 4.78 is 0. The van der Waals surface area contributed by atoms with E-state index >= 15 is 0 Å². The van der Waals surface area contributed by atoms with Crippen molar-refractivity contribution < 1.29 is 9.59 Å². The summed E-state index contributed by atoms with van der Waals surface area (Å²) in [6.45, 7) is 4.96. The Morgan fingerprint density at radius 3 is 2.37 bits per heavy atom. The summed E-state index contributed by atoms with van der Waals surface area (Å²) in [5, 5.41) is 2.37. The Hall–Kier alpha value is -1.72. The van der Waals surface area contributed by atoms with Crippen molar-refractivity contribution in [2.24, 2.45) is 5.73 Å². The van der Waals surface area contributed by atoms with Gasteiger partial charge in [0.05, 0.1) is 12.1 Å². The predicted octanol–water partition coefficient (Wildman–Crippen LogP) is 0.382. The molecule has 0 bridgehead atoms. The summed E-state index contributed by atoms with van der Waals surface area (Å²) in [6.07, 6.45) is 0. The van der Waals surface area contributed by atoms with Gasteiger partial charge in [-0.3, -0.25) is 19.8 Å². The van der Waals surface area contributed by atoms with Gasteiger partial charge in [0.25, 0.3) is 0 Å². The predicted molar refractivity (Wildman–Crippen MR) is 72.0 cm³/mol. The van der Waals surface area contributed by atoms with Gasteiger partial charge in [-0.15, -0.1) is 0 Å². The standard InChI is InChI=1S/C14H19N3O2/c1-14(2)13(19)16-12(18)9-17(14)8-11-5-3-10(7-15)4-6-11/h3-6H,7-9,15H2,1-2H3,(H,16,18,19). The quantitative estimate of drug-likeness (QED) is 0.771. The Bertz CT molecular complexity index is 494. The number of nitrogens with one attached hydrogen (secondary N) is 1. The number of benzene rings is 1. The summed E-state index contributed by atoms with van der Waals surface area (Å²) in [6, 6.07) is 7.90. The molecule has 0 saturated carbocycles. The number of rotatable bonds is 3. The maximum absolute atomic E-state index is 11.8. The Balaban J connectivity index is 2.15. The summed E-state index contributed by atoms with van der Waals surface area (Å²) in [7, 11) is 0. The summed E-state index contributed by atoms with van der Waals surface area (Å²) in [4.78, 5) is 25.2. The highest BCUT2D eigenvalue weighted by Gasteiger charge is 2.40. The van der Waals surface area contributed by atoms with Crippen LogP contribution in [0.1, 0.15) is 25.0 Å². The molecule has 1 aliphatic heterocycles. The first-order valence-electron chi connectivity index (χ1n) is 6.30. The zero-order chi connectivity index (χ0) is 14.0. The van der Waals surface area contributed by atoms with Gasteiger partial charge in [-0.1, -0.05) is 24.3 Å². The third-order valence-electron chi connectivity index (χ3n) is 3.57. The molecule has 0 radical (unpaired) electrons. The zero-order valence-electron chi connectivity index (χ0n) is 11.3. The average molecular weight is 261 g/mol. The number of hydrogen-bond donors (Lipinski definition) is 2. The fourth-order valence-electron chi connectivity index (χ4n) is 2.09. The normalized spacial score (nSPS) is 19.3. The van der Waals surface area contributed by atoms with Crippen LogP contribution in [0, 0.1) is 0 Å². The van der Waals surface area contributed by atoms with Crippen LogP contribution in [-0.2, 0) is 22.7 Å². The average Bonchev–Trinajstić information content (AvgIpc) is 2.37. The van der Waals surface area contributed by atoms with Crippen molar-refractivity contribution in [1.29, 1.82) is 0 Å². The number of nitrogens with zero attached hydrogens (tertiary/aromatic N) is 1. The molecule has 1 heterocycles. The van der Waals surface area contributed by atoms with Crippen molar-refractivity contribution in [1.82, 2.24) is 10.2 Å². The fraction of sp³-hybridized carbons (Fsp3) is 0.429. The maximum Gasteiger partial charge on any atom is 0.246 e. The number of nitrogens with two attached hydrogens (primary N) is 1. The Morgan fingerprint density at radius 2 is 1.79 bits per heavy atom. The van der Waals surface area contributed by atoms with Crippen molar-refractivity contribution in [3.05, 3.63) is 35.4 Å². The first-order valence-corrected chi connectivity index (χ1v) is 6.30.